The van der Waals surface area contributed by atoms with E-state index in [1.807, 2.05) is 13.1 Å². The van der Waals surface area contributed by atoms with Crippen LogP contribution in [0.4, 0.5) is 0 Å². The number of hydrogen-bond acceptors (Lipinski definition) is 4. The largest absolute Gasteiger partial charge is 0.381 e. The highest BCUT2D eigenvalue weighted by Gasteiger charge is 2.19. The molecule has 4 heteroatoms. The van der Waals surface area contributed by atoms with Gasteiger partial charge in [0.15, 0.2) is 0 Å². The van der Waals surface area contributed by atoms with Gasteiger partial charge in [-0.2, -0.15) is 0 Å². The second kappa shape index (κ2) is 8.32. The normalized spacial score (nSPS) is 18.6. The van der Waals surface area contributed by atoms with Gasteiger partial charge in [0.25, 0.3) is 0 Å². The first kappa shape index (κ1) is 15.4. The summed E-state index contributed by atoms with van der Waals surface area (Å²) in [5.41, 5.74) is 2.56. The van der Waals surface area contributed by atoms with Gasteiger partial charge >= 0.3 is 0 Å². The van der Waals surface area contributed by atoms with Crippen molar-refractivity contribution in [2.24, 2.45) is 0 Å². The summed E-state index contributed by atoms with van der Waals surface area (Å²) in [6.45, 7) is 6.76. The summed E-state index contributed by atoms with van der Waals surface area (Å²) in [7, 11) is 0. The molecule has 0 saturated heterocycles. The van der Waals surface area contributed by atoms with E-state index in [1.165, 1.54) is 36.9 Å². The minimum atomic E-state index is 0.438. The van der Waals surface area contributed by atoms with Crippen molar-refractivity contribution in [3.8, 4) is 0 Å². The summed E-state index contributed by atoms with van der Waals surface area (Å²) in [6, 6.07) is 0.438. The van der Waals surface area contributed by atoms with Gasteiger partial charge in [-0.05, 0) is 39.2 Å². The van der Waals surface area contributed by atoms with Gasteiger partial charge in [-0.3, -0.25) is 0 Å². The van der Waals surface area contributed by atoms with Gasteiger partial charge in [0.1, 0.15) is 5.82 Å². The van der Waals surface area contributed by atoms with Crippen LogP contribution in [0.25, 0.3) is 0 Å². The molecule has 0 aromatic carbocycles. The van der Waals surface area contributed by atoms with Crippen molar-refractivity contribution >= 4 is 0 Å². The SMILES string of the molecule is CCCNC1CCCCc2nc(CCOCC)ncc21. The molecule has 4 nitrogen and oxygen atoms in total. The summed E-state index contributed by atoms with van der Waals surface area (Å²) in [5.74, 6) is 0.924. The molecule has 0 fully saturated rings. The maximum atomic E-state index is 5.39. The van der Waals surface area contributed by atoms with Crippen molar-refractivity contribution < 1.29 is 4.74 Å². The summed E-state index contributed by atoms with van der Waals surface area (Å²) < 4.78 is 5.39. The monoisotopic (exact) mass is 277 g/mol. The molecule has 0 saturated carbocycles. The van der Waals surface area contributed by atoms with Crippen molar-refractivity contribution in [3.63, 3.8) is 0 Å². The second-order valence-corrected chi connectivity index (χ2v) is 5.39. The Bertz CT molecular complexity index is 409. The molecule has 0 radical (unpaired) electrons. The molecular weight excluding hydrogens is 250 g/mol. The van der Waals surface area contributed by atoms with Crippen LogP contribution in [0, 0.1) is 0 Å². The Morgan fingerprint density at radius 2 is 2.25 bits per heavy atom. The highest BCUT2D eigenvalue weighted by atomic mass is 16.5. The van der Waals surface area contributed by atoms with E-state index in [1.54, 1.807) is 0 Å². The van der Waals surface area contributed by atoms with E-state index in [9.17, 15) is 0 Å². The lowest BCUT2D eigenvalue weighted by Crippen LogP contribution is -2.23. The number of rotatable bonds is 7. The van der Waals surface area contributed by atoms with Crippen molar-refractivity contribution in [2.75, 3.05) is 19.8 Å². The third-order valence-corrected chi connectivity index (χ3v) is 3.80. The first-order chi connectivity index (χ1) is 9.85. The summed E-state index contributed by atoms with van der Waals surface area (Å²) in [5, 5.41) is 3.63. The predicted molar refractivity (Wildman–Crippen MR) is 80.8 cm³/mol. The smallest absolute Gasteiger partial charge is 0.130 e. The van der Waals surface area contributed by atoms with Gasteiger partial charge in [0.05, 0.1) is 6.61 Å². The molecule has 1 aliphatic rings. The molecule has 0 bridgehead atoms. The third-order valence-electron chi connectivity index (χ3n) is 3.80. The fraction of sp³-hybridized carbons (Fsp3) is 0.750. The lowest BCUT2D eigenvalue weighted by molar-refractivity contribution is 0.149. The summed E-state index contributed by atoms with van der Waals surface area (Å²) in [4.78, 5) is 9.31. The number of nitrogens with zero attached hydrogens (tertiary/aromatic N) is 2. The van der Waals surface area contributed by atoms with Crippen LogP contribution >= 0.6 is 0 Å². The van der Waals surface area contributed by atoms with Gasteiger partial charge in [0.2, 0.25) is 0 Å². The van der Waals surface area contributed by atoms with Crippen molar-refractivity contribution in [1.82, 2.24) is 15.3 Å². The molecular formula is C16H27N3O. The average molecular weight is 277 g/mol. The molecule has 1 N–H and O–H groups in total. The summed E-state index contributed by atoms with van der Waals surface area (Å²) in [6.07, 6.45) is 8.82. The minimum Gasteiger partial charge on any atom is -0.381 e. The first-order valence-corrected chi connectivity index (χ1v) is 8.01. The second-order valence-electron chi connectivity index (χ2n) is 5.39. The van der Waals surface area contributed by atoms with E-state index in [0.717, 1.165) is 31.8 Å². The van der Waals surface area contributed by atoms with Crippen LogP contribution in [0.15, 0.2) is 6.20 Å². The molecule has 0 aliphatic heterocycles. The maximum absolute atomic E-state index is 5.39. The van der Waals surface area contributed by atoms with E-state index < -0.39 is 0 Å². The Labute approximate surface area is 122 Å². The van der Waals surface area contributed by atoms with Crippen LogP contribution in [0.1, 0.15) is 62.7 Å². The van der Waals surface area contributed by atoms with Gasteiger partial charge in [-0.1, -0.05) is 13.3 Å². The van der Waals surface area contributed by atoms with Crippen LogP contribution < -0.4 is 5.32 Å². The van der Waals surface area contributed by atoms with Crippen LogP contribution in [0.3, 0.4) is 0 Å². The van der Waals surface area contributed by atoms with Crippen LogP contribution in [0.2, 0.25) is 0 Å². The van der Waals surface area contributed by atoms with E-state index in [0.29, 0.717) is 12.6 Å². The molecule has 1 heterocycles. The number of fused-ring (bicyclic) bond motifs is 1. The summed E-state index contributed by atoms with van der Waals surface area (Å²) >= 11 is 0. The van der Waals surface area contributed by atoms with E-state index in [-0.39, 0.29) is 0 Å². The fourth-order valence-electron chi connectivity index (χ4n) is 2.71. The molecule has 0 spiro atoms. The molecule has 20 heavy (non-hydrogen) atoms. The van der Waals surface area contributed by atoms with Gasteiger partial charge < -0.3 is 10.1 Å². The predicted octanol–water partition coefficient (Wildman–Crippen LogP) is 2.82. The average Bonchev–Trinajstić information content (AvgIpc) is 2.67. The zero-order chi connectivity index (χ0) is 14.2. The quantitative estimate of drug-likeness (QED) is 0.615. The van der Waals surface area contributed by atoms with E-state index >= 15 is 0 Å². The minimum absolute atomic E-state index is 0.438. The highest BCUT2D eigenvalue weighted by molar-refractivity contribution is 5.23. The fourth-order valence-corrected chi connectivity index (χ4v) is 2.71. The third kappa shape index (κ3) is 4.25. The van der Waals surface area contributed by atoms with E-state index in [2.05, 4.69) is 17.2 Å². The topological polar surface area (TPSA) is 47.0 Å². The Morgan fingerprint density at radius 1 is 1.35 bits per heavy atom. The first-order valence-electron chi connectivity index (χ1n) is 8.01. The molecule has 1 aliphatic carbocycles. The highest BCUT2D eigenvalue weighted by Crippen LogP contribution is 2.27. The molecule has 2 rings (SSSR count). The Balaban J connectivity index is 2.08. The van der Waals surface area contributed by atoms with E-state index in [4.69, 9.17) is 9.72 Å². The van der Waals surface area contributed by atoms with Crippen molar-refractivity contribution in [2.45, 2.75) is 58.4 Å². The number of nitrogens with one attached hydrogen (secondary N) is 1. The van der Waals surface area contributed by atoms with Crippen LogP contribution in [-0.2, 0) is 17.6 Å². The number of aryl methyl sites for hydroxylation is 1. The van der Waals surface area contributed by atoms with Gasteiger partial charge in [-0.25, -0.2) is 9.97 Å². The number of hydrogen-bond donors (Lipinski definition) is 1. The molecule has 1 unspecified atom stereocenters. The number of aromatic nitrogens is 2. The van der Waals surface area contributed by atoms with Crippen molar-refractivity contribution in [3.05, 3.63) is 23.3 Å². The lowest BCUT2D eigenvalue weighted by atomic mass is 10.0. The molecule has 0 amide bonds. The maximum Gasteiger partial charge on any atom is 0.130 e. The van der Waals surface area contributed by atoms with Gasteiger partial charge in [0, 0.05) is 36.5 Å². The Hall–Kier alpha value is -1.00. The lowest BCUT2D eigenvalue weighted by Gasteiger charge is -2.18. The molecule has 112 valence electrons. The van der Waals surface area contributed by atoms with Crippen molar-refractivity contribution in [1.29, 1.82) is 0 Å². The molecule has 1 aromatic heterocycles. The van der Waals surface area contributed by atoms with Gasteiger partial charge in [-0.15, -0.1) is 0 Å². The molecule has 1 aromatic rings. The Morgan fingerprint density at radius 3 is 3.05 bits per heavy atom. The Kier molecular flexibility index (Phi) is 6.40. The molecule has 1 atom stereocenters. The zero-order valence-electron chi connectivity index (χ0n) is 12.8. The van der Waals surface area contributed by atoms with Crippen LogP contribution in [-0.4, -0.2) is 29.7 Å². The standard InChI is InChI=1S/C16H27N3O/c1-3-10-17-14-7-5-6-8-15-13(14)12-18-16(19-15)9-11-20-4-2/h12,14,17H,3-11H2,1-2H3. The van der Waals surface area contributed by atoms with Crippen LogP contribution in [0.5, 0.6) is 0 Å². The number of ether oxygens (including phenoxy) is 1. The zero-order valence-corrected chi connectivity index (χ0v) is 12.8.